The van der Waals surface area contributed by atoms with Crippen LogP contribution in [-0.2, 0) is 19.4 Å². The van der Waals surface area contributed by atoms with E-state index in [0.29, 0.717) is 12.2 Å². The van der Waals surface area contributed by atoms with Crippen LogP contribution in [0.3, 0.4) is 0 Å². The summed E-state index contributed by atoms with van der Waals surface area (Å²) in [5.74, 6) is -0.152. The topological polar surface area (TPSA) is 80.0 Å². The zero-order valence-corrected chi connectivity index (χ0v) is 15.3. The van der Waals surface area contributed by atoms with Crippen LogP contribution in [-0.4, -0.2) is 38.4 Å². The first-order valence-corrected chi connectivity index (χ1v) is 9.47. The van der Waals surface area contributed by atoms with Crippen molar-refractivity contribution in [1.29, 1.82) is 0 Å². The van der Waals surface area contributed by atoms with E-state index in [0.717, 1.165) is 46.5 Å². The number of carbonyl (C=O) groups excluding carboxylic acids is 1. The molecule has 1 amide bonds. The Hall–Kier alpha value is -3.25. The smallest absolute Gasteiger partial charge is 0.270 e. The monoisotopic (exact) mass is 372 g/mol. The molecule has 5 rings (SSSR count). The second-order valence-electron chi connectivity index (χ2n) is 7.22. The van der Waals surface area contributed by atoms with E-state index in [9.17, 15) is 9.90 Å². The van der Waals surface area contributed by atoms with Crippen LogP contribution in [0.5, 0.6) is 0 Å². The first-order chi connectivity index (χ1) is 13.7. The van der Waals surface area contributed by atoms with E-state index in [4.69, 9.17) is 5.10 Å². The molecule has 2 aliphatic rings. The molecule has 2 aromatic heterocycles. The Morgan fingerprint density at radius 3 is 2.89 bits per heavy atom. The highest BCUT2D eigenvalue weighted by molar-refractivity contribution is 5.97. The fourth-order valence-electron chi connectivity index (χ4n) is 3.97. The number of amides is 1. The Morgan fingerprint density at radius 2 is 2.07 bits per heavy atom. The number of aromatic nitrogens is 3. The Balaban J connectivity index is 1.54. The quantitative estimate of drug-likeness (QED) is 0.739. The second-order valence-corrected chi connectivity index (χ2v) is 7.22. The second kappa shape index (κ2) is 6.73. The average molecular weight is 372 g/mol. The predicted molar refractivity (Wildman–Crippen MR) is 107 cm³/mol. The van der Waals surface area contributed by atoms with Gasteiger partial charge in [-0.2, -0.15) is 5.10 Å². The van der Waals surface area contributed by atoms with E-state index in [1.54, 1.807) is 4.68 Å². The highest BCUT2D eigenvalue weighted by atomic mass is 16.3. The molecule has 0 spiro atoms. The molecule has 1 unspecified atom stereocenters. The number of nitrogens with one attached hydrogen (secondary N) is 1. The molecule has 1 aliphatic carbocycles. The van der Waals surface area contributed by atoms with Crippen molar-refractivity contribution < 1.29 is 9.90 Å². The SMILES string of the molecule is O=C1NC(CO)Cn2nc3c(c21)CCc1cnc(/C=C/c2ccccc2)cc1-3. The number of aryl methyl sites for hydroxylation is 1. The third-order valence-electron chi connectivity index (χ3n) is 5.37. The van der Waals surface area contributed by atoms with E-state index in [1.165, 1.54) is 0 Å². The lowest BCUT2D eigenvalue weighted by atomic mass is 9.89. The van der Waals surface area contributed by atoms with Crippen LogP contribution in [0.2, 0.25) is 0 Å². The summed E-state index contributed by atoms with van der Waals surface area (Å²) in [5, 5.41) is 17.0. The Labute approximate surface area is 162 Å². The summed E-state index contributed by atoms with van der Waals surface area (Å²) in [6, 6.07) is 11.9. The van der Waals surface area contributed by atoms with Gasteiger partial charge in [-0.05, 0) is 36.1 Å². The standard InChI is InChI=1S/C22H20N4O2/c27-13-17-12-26-21(22(28)24-17)18-9-7-15-11-23-16(10-19(15)20(18)25-26)8-6-14-4-2-1-3-5-14/h1-6,8,10-11,17,27H,7,9,12-13H2,(H,24,28)/b8-6+. The maximum absolute atomic E-state index is 12.5. The molecule has 0 saturated carbocycles. The van der Waals surface area contributed by atoms with E-state index >= 15 is 0 Å². The fourth-order valence-corrected chi connectivity index (χ4v) is 3.97. The molecule has 1 aromatic carbocycles. The van der Waals surface area contributed by atoms with Crippen molar-refractivity contribution in [2.75, 3.05) is 6.61 Å². The normalized spacial score (nSPS) is 17.8. The summed E-state index contributed by atoms with van der Waals surface area (Å²) in [4.78, 5) is 17.1. The summed E-state index contributed by atoms with van der Waals surface area (Å²) in [5.41, 5.74) is 6.65. The highest BCUT2D eigenvalue weighted by Gasteiger charge is 2.33. The molecule has 6 nitrogen and oxygen atoms in total. The predicted octanol–water partition coefficient (Wildman–Crippen LogP) is 2.32. The summed E-state index contributed by atoms with van der Waals surface area (Å²) in [6.45, 7) is 0.399. The van der Waals surface area contributed by atoms with Gasteiger partial charge in [0.2, 0.25) is 0 Å². The fraction of sp³-hybridized carbons (Fsp3) is 0.227. The molecule has 140 valence electrons. The van der Waals surface area contributed by atoms with Gasteiger partial charge in [-0.3, -0.25) is 14.5 Å². The number of nitrogens with zero attached hydrogens (tertiary/aromatic N) is 3. The zero-order valence-electron chi connectivity index (χ0n) is 15.3. The minimum Gasteiger partial charge on any atom is -0.394 e. The number of fused-ring (bicyclic) bond motifs is 5. The summed E-state index contributed by atoms with van der Waals surface area (Å²) in [7, 11) is 0. The molecule has 3 aromatic rings. The van der Waals surface area contributed by atoms with E-state index in [2.05, 4.69) is 10.3 Å². The molecule has 6 heteroatoms. The summed E-state index contributed by atoms with van der Waals surface area (Å²) in [6.07, 6.45) is 7.56. The van der Waals surface area contributed by atoms with Crippen molar-refractivity contribution in [3.05, 3.63) is 70.7 Å². The molecule has 3 heterocycles. The number of benzene rings is 1. The minimum atomic E-state index is -0.289. The maximum Gasteiger partial charge on any atom is 0.270 e. The van der Waals surface area contributed by atoms with Gasteiger partial charge in [-0.15, -0.1) is 0 Å². The van der Waals surface area contributed by atoms with Crippen LogP contribution < -0.4 is 5.32 Å². The third-order valence-corrected chi connectivity index (χ3v) is 5.37. The maximum atomic E-state index is 12.5. The molecule has 0 bridgehead atoms. The molecular formula is C22H20N4O2. The van der Waals surface area contributed by atoms with Crippen LogP contribution in [0.4, 0.5) is 0 Å². The average Bonchev–Trinajstić information content (AvgIpc) is 3.12. The molecule has 1 aliphatic heterocycles. The van der Waals surface area contributed by atoms with E-state index in [-0.39, 0.29) is 18.6 Å². The van der Waals surface area contributed by atoms with Gasteiger partial charge >= 0.3 is 0 Å². The van der Waals surface area contributed by atoms with Gasteiger partial charge in [0.1, 0.15) is 5.69 Å². The van der Waals surface area contributed by atoms with Gasteiger partial charge in [0.05, 0.1) is 30.6 Å². The Kier molecular flexibility index (Phi) is 4.06. The van der Waals surface area contributed by atoms with Crippen molar-refractivity contribution in [3.63, 3.8) is 0 Å². The number of pyridine rings is 1. The summed E-state index contributed by atoms with van der Waals surface area (Å²) < 4.78 is 1.75. The molecule has 28 heavy (non-hydrogen) atoms. The lowest BCUT2D eigenvalue weighted by Crippen LogP contribution is -2.46. The van der Waals surface area contributed by atoms with Gasteiger partial charge in [-0.25, -0.2) is 0 Å². The molecule has 0 fully saturated rings. The Bertz CT molecular complexity index is 1090. The highest BCUT2D eigenvalue weighted by Crippen LogP contribution is 2.35. The molecule has 2 N–H and O–H groups in total. The van der Waals surface area contributed by atoms with Gasteiger partial charge in [0.15, 0.2) is 0 Å². The van der Waals surface area contributed by atoms with Crippen molar-refractivity contribution in [1.82, 2.24) is 20.1 Å². The lowest BCUT2D eigenvalue weighted by Gasteiger charge is -2.23. The van der Waals surface area contributed by atoms with Crippen LogP contribution in [0.15, 0.2) is 42.6 Å². The van der Waals surface area contributed by atoms with Crippen molar-refractivity contribution >= 4 is 18.1 Å². The minimum absolute atomic E-state index is 0.0926. The summed E-state index contributed by atoms with van der Waals surface area (Å²) >= 11 is 0. The zero-order chi connectivity index (χ0) is 19.1. The first-order valence-electron chi connectivity index (χ1n) is 9.47. The van der Waals surface area contributed by atoms with E-state index < -0.39 is 0 Å². The van der Waals surface area contributed by atoms with Crippen molar-refractivity contribution in [3.8, 4) is 11.3 Å². The van der Waals surface area contributed by atoms with E-state index in [1.807, 2.05) is 54.7 Å². The largest absolute Gasteiger partial charge is 0.394 e. The first kappa shape index (κ1) is 16.9. The van der Waals surface area contributed by atoms with Crippen LogP contribution in [0.1, 0.15) is 32.9 Å². The number of aliphatic hydroxyl groups excluding tert-OH is 1. The number of carbonyl (C=O) groups is 1. The van der Waals surface area contributed by atoms with Crippen LogP contribution >= 0.6 is 0 Å². The molecule has 0 saturated heterocycles. The third kappa shape index (κ3) is 2.82. The molecule has 1 atom stereocenters. The van der Waals surface area contributed by atoms with Crippen LogP contribution in [0, 0.1) is 0 Å². The van der Waals surface area contributed by atoms with Gasteiger partial charge in [0, 0.05) is 17.3 Å². The number of hydrogen-bond donors (Lipinski definition) is 2. The number of aliphatic hydroxyl groups is 1. The number of hydrogen-bond acceptors (Lipinski definition) is 4. The lowest BCUT2D eigenvalue weighted by molar-refractivity contribution is 0.0861. The van der Waals surface area contributed by atoms with Crippen molar-refractivity contribution in [2.24, 2.45) is 0 Å². The molecule has 0 radical (unpaired) electrons. The van der Waals surface area contributed by atoms with Gasteiger partial charge < -0.3 is 10.4 Å². The van der Waals surface area contributed by atoms with Gasteiger partial charge in [0.25, 0.3) is 5.91 Å². The van der Waals surface area contributed by atoms with Crippen molar-refractivity contribution in [2.45, 2.75) is 25.4 Å². The molecular weight excluding hydrogens is 352 g/mol. The van der Waals surface area contributed by atoms with Gasteiger partial charge in [-0.1, -0.05) is 36.4 Å². The number of rotatable bonds is 3. The Morgan fingerprint density at radius 1 is 1.21 bits per heavy atom. The van der Waals surface area contributed by atoms with Crippen LogP contribution in [0.25, 0.3) is 23.4 Å².